The number of hydrogen-bond acceptors (Lipinski definition) is 4. The molecule has 0 radical (unpaired) electrons. The van der Waals surface area contributed by atoms with Crippen LogP contribution in [0.1, 0.15) is 31.4 Å². The second-order valence-electron chi connectivity index (χ2n) is 4.16. The Bertz CT molecular complexity index is 405. The normalized spacial score (nSPS) is 16.2. The van der Waals surface area contributed by atoms with Crippen LogP contribution in [0.15, 0.2) is 17.2 Å². The van der Waals surface area contributed by atoms with Gasteiger partial charge in [0, 0.05) is 5.75 Å². The van der Waals surface area contributed by atoms with Gasteiger partial charge in [0.15, 0.2) is 5.69 Å². The van der Waals surface area contributed by atoms with E-state index in [1.54, 1.807) is 17.8 Å². The fourth-order valence-electron chi connectivity index (χ4n) is 2.00. The predicted octanol–water partition coefficient (Wildman–Crippen LogP) is 2.82. The molecule has 16 heavy (non-hydrogen) atoms. The second kappa shape index (κ2) is 5.22. The maximum Gasteiger partial charge on any atom is 0.164 e. The van der Waals surface area contributed by atoms with E-state index in [4.69, 9.17) is 11.0 Å². The molecule has 1 fully saturated rings. The quantitative estimate of drug-likeness (QED) is 0.815. The van der Waals surface area contributed by atoms with Crippen LogP contribution in [0.5, 0.6) is 0 Å². The van der Waals surface area contributed by atoms with Crippen molar-refractivity contribution in [2.45, 2.75) is 30.7 Å². The van der Waals surface area contributed by atoms with Crippen LogP contribution < -0.4 is 5.73 Å². The monoisotopic (exact) mass is 233 g/mol. The summed E-state index contributed by atoms with van der Waals surface area (Å²) in [4.78, 5) is 4.23. The maximum absolute atomic E-state index is 8.82. The Labute approximate surface area is 100 Å². The molecule has 0 spiro atoms. The van der Waals surface area contributed by atoms with Gasteiger partial charge in [-0.2, -0.15) is 5.26 Å². The van der Waals surface area contributed by atoms with Crippen LogP contribution in [0.2, 0.25) is 0 Å². The van der Waals surface area contributed by atoms with Crippen LogP contribution in [-0.4, -0.2) is 10.7 Å². The van der Waals surface area contributed by atoms with E-state index >= 15 is 0 Å². The van der Waals surface area contributed by atoms with Gasteiger partial charge in [0.25, 0.3) is 0 Å². The van der Waals surface area contributed by atoms with Crippen molar-refractivity contribution in [3.8, 4) is 6.07 Å². The third-order valence-electron chi connectivity index (χ3n) is 2.95. The fraction of sp³-hybridized carbons (Fsp3) is 0.500. The fourth-order valence-corrected chi connectivity index (χ4v) is 3.06. The first-order valence-corrected chi connectivity index (χ1v) is 6.57. The number of pyridine rings is 1. The molecule has 1 aliphatic rings. The van der Waals surface area contributed by atoms with Crippen LogP contribution >= 0.6 is 11.8 Å². The molecule has 0 aliphatic heterocycles. The van der Waals surface area contributed by atoms with Gasteiger partial charge in [-0.15, -0.1) is 11.8 Å². The lowest BCUT2D eigenvalue weighted by atomic mass is 10.1. The summed E-state index contributed by atoms with van der Waals surface area (Å²) in [6.07, 6.45) is 5.41. The average molecular weight is 233 g/mol. The van der Waals surface area contributed by atoms with Crippen molar-refractivity contribution in [3.63, 3.8) is 0 Å². The average Bonchev–Trinajstić information content (AvgIpc) is 2.81. The highest BCUT2D eigenvalue weighted by atomic mass is 32.2. The molecule has 84 valence electrons. The minimum absolute atomic E-state index is 0.344. The molecule has 0 unspecified atom stereocenters. The standard InChI is InChI=1S/C12H15N3S/c13-7-11-10(14)5-6-12(15-11)16-8-9-3-1-2-4-9/h5-6,9H,1-4,8,14H2. The van der Waals surface area contributed by atoms with Gasteiger partial charge in [-0.3, -0.25) is 0 Å². The number of aromatic nitrogens is 1. The Kier molecular flexibility index (Phi) is 3.68. The molecule has 0 bridgehead atoms. The Morgan fingerprint density at radius 1 is 1.44 bits per heavy atom. The Morgan fingerprint density at radius 2 is 2.19 bits per heavy atom. The number of hydrogen-bond donors (Lipinski definition) is 1. The summed E-state index contributed by atoms with van der Waals surface area (Å²) in [6.45, 7) is 0. The van der Waals surface area contributed by atoms with Gasteiger partial charge in [0.05, 0.1) is 10.7 Å². The summed E-state index contributed by atoms with van der Waals surface area (Å²) in [5, 5.41) is 9.74. The SMILES string of the molecule is N#Cc1nc(SCC2CCCC2)ccc1N. The minimum Gasteiger partial charge on any atom is -0.396 e. The van der Waals surface area contributed by atoms with Crippen molar-refractivity contribution in [1.82, 2.24) is 4.98 Å². The number of anilines is 1. The largest absolute Gasteiger partial charge is 0.396 e. The first-order valence-electron chi connectivity index (χ1n) is 5.59. The van der Waals surface area contributed by atoms with Gasteiger partial charge in [-0.25, -0.2) is 4.98 Å². The smallest absolute Gasteiger partial charge is 0.164 e. The molecule has 0 atom stereocenters. The molecule has 4 heteroatoms. The number of nitrogens with two attached hydrogens (primary N) is 1. The van der Waals surface area contributed by atoms with Crippen LogP contribution in [0.4, 0.5) is 5.69 Å². The number of nitriles is 1. The van der Waals surface area contributed by atoms with E-state index in [2.05, 4.69) is 4.98 Å². The van der Waals surface area contributed by atoms with Crippen LogP contribution in [0.3, 0.4) is 0 Å². The molecule has 1 aliphatic carbocycles. The van der Waals surface area contributed by atoms with E-state index in [0.717, 1.165) is 16.7 Å². The number of nitrogens with zero attached hydrogens (tertiary/aromatic N) is 2. The Balaban J connectivity index is 1.96. The third-order valence-corrected chi connectivity index (χ3v) is 4.11. The molecular formula is C12H15N3S. The van der Waals surface area contributed by atoms with Gasteiger partial charge in [0.2, 0.25) is 0 Å². The van der Waals surface area contributed by atoms with Gasteiger partial charge in [0.1, 0.15) is 6.07 Å². The molecule has 2 rings (SSSR count). The number of thioether (sulfide) groups is 1. The van der Waals surface area contributed by atoms with Crippen LogP contribution in [0, 0.1) is 17.2 Å². The summed E-state index contributed by atoms with van der Waals surface area (Å²) in [5.41, 5.74) is 6.43. The molecule has 1 heterocycles. The van der Waals surface area contributed by atoms with E-state index in [1.807, 2.05) is 12.1 Å². The lowest BCUT2D eigenvalue weighted by Gasteiger charge is -2.07. The molecule has 0 aromatic carbocycles. The van der Waals surface area contributed by atoms with Crippen molar-refractivity contribution in [1.29, 1.82) is 5.26 Å². The zero-order chi connectivity index (χ0) is 11.4. The third kappa shape index (κ3) is 2.67. The number of nitrogen functional groups attached to an aromatic ring is 1. The molecule has 0 amide bonds. The van der Waals surface area contributed by atoms with Gasteiger partial charge in [-0.05, 0) is 30.9 Å². The number of rotatable bonds is 3. The zero-order valence-electron chi connectivity index (χ0n) is 9.15. The molecule has 2 N–H and O–H groups in total. The summed E-state index contributed by atoms with van der Waals surface area (Å²) in [6, 6.07) is 5.68. The first-order chi connectivity index (χ1) is 7.79. The first kappa shape index (κ1) is 11.3. The van der Waals surface area contributed by atoms with Gasteiger partial charge < -0.3 is 5.73 Å². The maximum atomic E-state index is 8.82. The van der Waals surface area contributed by atoms with Crippen molar-refractivity contribution >= 4 is 17.4 Å². The Hall–Kier alpha value is -1.21. The van der Waals surface area contributed by atoms with E-state index in [0.29, 0.717) is 11.4 Å². The van der Waals surface area contributed by atoms with E-state index in [9.17, 15) is 0 Å². The lowest BCUT2D eigenvalue weighted by Crippen LogP contribution is -1.99. The summed E-state index contributed by atoms with van der Waals surface area (Å²) < 4.78 is 0. The summed E-state index contributed by atoms with van der Waals surface area (Å²) >= 11 is 1.74. The Morgan fingerprint density at radius 3 is 2.88 bits per heavy atom. The molecule has 1 saturated carbocycles. The van der Waals surface area contributed by atoms with Crippen LogP contribution in [0.25, 0.3) is 0 Å². The minimum atomic E-state index is 0.344. The molecule has 1 aromatic heterocycles. The predicted molar refractivity (Wildman–Crippen MR) is 66.0 cm³/mol. The van der Waals surface area contributed by atoms with E-state index in [-0.39, 0.29) is 0 Å². The second-order valence-corrected chi connectivity index (χ2v) is 5.20. The van der Waals surface area contributed by atoms with Gasteiger partial charge >= 0.3 is 0 Å². The molecule has 1 aromatic rings. The summed E-state index contributed by atoms with van der Waals surface area (Å²) in [7, 11) is 0. The van der Waals surface area contributed by atoms with Crippen molar-refractivity contribution in [3.05, 3.63) is 17.8 Å². The summed E-state index contributed by atoms with van der Waals surface area (Å²) in [5.74, 6) is 1.94. The molecular weight excluding hydrogens is 218 g/mol. The van der Waals surface area contributed by atoms with Crippen molar-refractivity contribution < 1.29 is 0 Å². The zero-order valence-corrected chi connectivity index (χ0v) is 9.96. The molecule has 3 nitrogen and oxygen atoms in total. The van der Waals surface area contributed by atoms with Crippen molar-refractivity contribution in [2.24, 2.45) is 5.92 Å². The van der Waals surface area contributed by atoms with Crippen LogP contribution in [-0.2, 0) is 0 Å². The van der Waals surface area contributed by atoms with E-state index < -0.39 is 0 Å². The lowest BCUT2D eigenvalue weighted by molar-refractivity contribution is 0.623. The highest BCUT2D eigenvalue weighted by Gasteiger charge is 2.15. The van der Waals surface area contributed by atoms with Gasteiger partial charge in [-0.1, -0.05) is 12.8 Å². The topological polar surface area (TPSA) is 62.7 Å². The molecule has 0 saturated heterocycles. The van der Waals surface area contributed by atoms with E-state index in [1.165, 1.54) is 25.7 Å². The highest BCUT2D eigenvalue weighted by molar-refractivity contribution is 7.99. The highest BCUT2D eigenvalue weighted by Crippen LogP contribution is 2.30. The van der Waals surface area contributed by atoms with Crippen molar-refractivity contribution in [2.75, 3.05) is 11.5 Å².